The lowest BCUT2D eigenvalue weighted by Gasteiger charge is -2.34. The van der Waals surface area contributed by atoms with Gasteiger partial charge in [0.25, 0.3) is 0 Å². The number of rotatable bonds is 6. The largest absolute Gasteiger partial charge is 0.317 e. The molecule has 0 aromatic carbocycles. The number of piperidine rings is 1. The Morgan fingerprint density at radius 3 is 2.28 bits per heavy atom. The van der Waals surface area contributed by atoms with Crippen LogP contribution < -0.4 is 5.32 Å². The second kappa shape index (κ2) is 6.84. The molecule has 6 heteroatoms. The van der Waals surface area contributed by atoms with Crippen LogP contribution in [0, 0.1) is 0 Å². The minimum atomic E-state index is -3.15. The number of hydrogen-bond donors (Lipinski definition) is 1. The van der Waals surface area contributed by atoms with Crippen LogP contribution in [-0.4, -0.2) is 69.2 Å². The van der Waals surface area contributed by atoms with Gasteiger partial charge in [0.2, 0.25) is 10.0 Å². The van der Waals surface area contributed by atoms with Crippen LogP contribution in [0.4, 0.5) is 0 Å². The van der Waals surface area contributed by atoms with Gasteiger partial charge in [0.1, 0.15) is 0 Å². The van der Waals surface area contributed by atoms with E-state index in [1.807, 2.05) is 32.8 Å². The van der Waals surface area contributed by atoms with E-state index in [9.17, 15) is 8.42 Å². The standard InChI is InChI=1S/C12H27N3O2S/c1-5-15(11(2)10-14(3)4)18(16,17)12-6-8-13-9-7-12/h11-13H,5-10H2,1-4H3. The summed E-state index contributed by atoms with van der Waals surface area (Å²) in [6.45, 7) is 6.85. The normalized spacial score (nSPS) is 20.6. The van der Waals surface area contributed by atoms with Crippen molar-refractivity contribution in [2.75, 3.05) is 40.3 Å². The molecule has 1 saturated heterocycles. The zero-order valence-corrected chi connectivity index (χ0v) is 12.8. The van der Waals surface area contributed by atoms with Gasteiger partial charge in [-0.05, 0) is 47.0 Å². The fraction of sp³-hybridized carbons (Fsp3) is 1.00. The molecule has 1 fully saturated rings. The highest BCUT2D eigenvalue weighted by atomic mass is 32.2. The Kier molecular flexibility index (Phi) is 6.04. The molecule has 1 atom stereocenters. The second-order valence-electron chi connectivity index (χ2n) is 5.31. The quantitative estimate of drug-likeness (QED) is 0.761. The topological polar surface area (TPSA) is 52.7 Å². The molecule has 1 unspecified atom stereocenters. The number of nitrogens with zero attached hydrogens (tertiary/aromatic N) is 2. The maximum atomic E-state index is 12.6. The van der Waals surface area contributed by atoms with E-state index in [0.717, 1.165) is 32.5 Å². The third-order valence-electron chi connectivity index (χ3n) is 3.47. The van der Waals surface area contributed by atoms with E-state index in [0.29, 0.717) is 6.54 Å². The van der Waals surface area contributed by atoms with E-state index >= 15 is 0 Å². The lowest BCUT2D eigenvalue weighted by molar-refractivity contribution is 0.267. The predicted octanol–water partition coefficient (Wildman–Crippen LogP) is 0.340. The minimum absolute atomic E-state index is 0.0323. The van der Waals surface area contributed by atoms with Gasteiger partial charge < -0.3 is 10.2 Å². The van der Waals surface area contributed by atoms with Crippen molar-refractivity contribution in [3.63, 3.8) is 0 Å². The first kappa shape index (κ1) is 15.9. The van der Waals surface area contributed by atoms with Crippen LogP contribution in [0.1, 0.15) is 26.7 Å². The summed E-state index contributed by atoms with van der Waals surface area (Å²) in [5.41, 5.74) is 0. The number of hydrogen-bond acceptors (Lipinski definition) is 4. The highest BCUT2D eigenvalue weighted by Crippen LogP contribution is 2.20. The van der Waals surface area contributed by atoms with Gasteiger partial charge in [0, 0.05) is 19.1 Å². The van der Waals surface area contributed by atoms with Gasteiger partial charge in [0.05, 0.1) is 5.25 Å². The lowest BCUT2D eigenvalue weighted by Crippen LogP contribution is -2.49. The molecule has 0 spiro atoms. The molecule has 1 N–H and O–H groups in total. The summed E-state index contributed by atoms with van der Waals surface area (Å²) >= 11 is 0. The van der Waals surface area contributed by atoms with E-state index in [-0.39, 0.29) is 11.3 Å². The number of sulfonamides is 1. The monoisotopic (exact) mass is 277 g/mol. The average Bonchev–Trinajstić information content (AvgIpc) is 2.29. The summed E-state index contributed by atoms with van der Waals surface area (Å²) in [7, 11) is 0.795. The van der Waals surface area contributed by atoms with E-state index in [1.165, 1.54) is 0 Å². The summed E-state index contributed by atoms with van der Waals surface area (Å²) in [5, 5.41) is 3.01. The van der Waals surface area contributed by atoms with E-state index in [4.69, 9.17) is 0 Å². The minimum Gasteiger partial charge on any atom is -0.317 e. The van der Waals surface area contributed by atoms with Crippen molar-refractivity contribution >= 4 is 10.0 Å². The summed E-state index contributed by atoms with van der Waals surface area (Å²) in [6, 6.07) is 0.0323. The van der Waals surface area contributed by atoms with Gasteiger partial charge in [-0.1, -0.05) is 6.92 Å². The molecule has 108 valence electrons. The summed E-state index contributed by atoms with van der Waals surface area (Å²) in [4.78, 5) is 2.03. The van der Waals surface area contributed by atoms with Crippen molar-refractivity contribution in [3.05, 3.63) is 0 Å². The molecule has 5 nitrogen and oxygen atoms in total. The molecule has 0 saturated carbocycles. The molecule has 0 aromatic heterocycles. The Balaban J connectivity index is 2.78. The smallest absolute Gasteiger partial charge is 0.217 e. The van der Waals surface area contributed by atoms with Gasteiger partial charge in [0.15, 0.2) is 0 Å². The highest BCUT2D eigenvalue weighted by Gasteiger charge is 2.34. The first-order valence-electron chi connectivity index (χ1n) is 6.75. The zero-order valence-electron chi connectivity index (χ0n) is 12.0. The fourth-order valence-electron chi connectivity index (χ4n) is 2.65. The second-order valence-corrected chi connectivity index (χ2v) is 7.47. The molecule has 18 heavy (non-hydrogen) atoms. The van der Waals surface area contributed by atoms with Crippen LogP contribution in [-0.2, 0) is 10.0 Å². The predicted molar refractivity (Wildman–Crippen MR) is 75.2 cm³/mol. The Hall–Kier alpha value is -0.170. The van der Waals surface area contributed by atoms with E-state index < -0.39 is 10.0 Å². The van der Waals surface area contributed by atoms with Crippen LogP contribution in [0.25, 0.3) is 0 Å². The highest BCUT2D eigenvalue weighted by molar-refractivity contribution is 7.89. The van der Waals surface area contributed by atoms with Crippen molar-refractivity contribution in [1.29, 1.82) is 0 Å². The molecule has 1 heterocycles. The van der Waals surface area contributed by atoms with Crippen molar-refractivity contribution in [2.45, 2.75) is 38.0 Å². The lowest BCUT2D eigenvalue weighted by atomic mass is 10.2. The third kappa shape index (κ3) is 3.91. The SMILES string of the molecule is CCN(C(C)CN(C)C)S(=O)(=O)C1CCNCC1. The van der Waals surface area contributed by atoms with Crippen LogP contribution in [0.15, 0.2) is 0 Å². The Bertz CT molecular complexity index is 337. The molecule has 1 rings (SSSR count). The van der Waals surface area contributed by atoms with Crippen molar-refractivity contribution in [2.24, 2.45) is 0 Å². The van der Waals surface area contributed by atoms with Gasteiger partial charge in [-0.15, -0.1) is 0 Å². The maximum absolute atomic E-state index is 12.6. The van der Waals surface area contributed by atoms with E-state index in [1.54, 1.807) is 4.31 Å². The molecular formula is C12H27N3O2S. The van der Waals surface area contributed by atoms with Crippen molar-refractivity contribution in [3.8, 4) is 0 Å². The van der Waals surface area contributed by atoms with Gasteiger partial charge in [-0.25, -0.2) is 8.42 Å². The maximum Gasteiger partial charge on any atom is 0.217 e. The van der Waals surface area contributed by atoms with Crippen LogP contribution in [0.5, 0.6) is 0 Å². The molecule has 0 amide bonds. The van der Waals surface area contributed by atoms with Crippen LogP contribution >= 0.6 is 0 Å². The Morgan fingerprint density at radius 1 is 1.28 bits per heavy atom. The summed E-state index contributed by atoms with van der Waals surface area (Å²) in [6.07, 6.45) is 1.46. The van der Waals surface area contributed by atoms with Gasteiger partial charge in [-0.2, -0.15) is 4.31 Å². The number of likely N-dealkylation sites (N-methyl/N-ethyl adjacent to an activating group) is 2. The van der Waals surface area contributed by atoms with Crippen molar-refractivity contribution < 1.29 is 8.42 Å². The zero-order chi connectivity index (χ0) is 13.8. The average molecular weight is 277 g/mol. The molecule has 1 aliphatic rings. The number of nitrogens with one attached hydrogen (secondary N) is 1. The first-order chi connectivity index (χ1) is 8.39. The Morgan fingerprint density at radius 2 is 1.83 bits per heavy atom. The molecule has 0 aromatic rings. The van der Waals surface area contributed by atoms with Crippen LogP contribution in [0.3, 0.4) is 0 Å². The van der Waals surface area contributed by atoms with E-state index in [2.05, 4.69) is 5.32 Å². The van der Waals surface area contributed by atoms with Crippen LogP contribution in [0.2, 0.25) is 0 Å². The fourth-order valence-corrected chi connectivity index (χ4v) is 4.79. The Labute approximate surface area is 112 Å². The first-order valence-corrected chi connectivity index (χ1v) is 8.26. The molecule has 0 aliphatic carbocycles. The molecular weight excluding hydrogens is 250 g/mol. The molecule has 0 radical (unpaired) electrons. The third-order valence-corrected chi connectivity index (χ3v) is 6.05. The van der Waals surface area contributed by atoms with Gasteiger partial charge >= 0.3 is 0 Å². The van der Waals surface area contributed by atoms with Crippen molar-refractivity contribution in [1.82, 2.24) is 14.5 Å². The van der Waals surface area contributed by atoms with Gasteiger partial charge in [-0.3, -0.25) is 0 Å². The molecule has 1 aliphatic heterocycles. The summed E-state index contributed by atoms with van der Waals surface area (Å²) < 4.78 is 26.9. The summed E-state index contributed by atoms with van der Waals surface area (Å²) in [5.74, 6) is 0. The molecule has 0 bridgehead atoms.